The van der Waals surface area contributed by atoms with E-state index in [2.05, 4.69) is 16.7 Å². The minimum Gasteiger partial charge on any atom is -0.439 e. The van der Waals surface area contributed by atoms with Gasteiger partial charge in [0.05, 0.1) is 5.69 Å². The molecule has 0 aliphatic carbocycles. The fraction of sp³-hybridized carbons (Fsp3) is 0. The average molecular weight is 216 g/mol. The van der Waals surface area contributed by atoms with E-state index in [1.807, 2.05) is 0 Å². The molecule has 1 heterocycles. The number of benzene rings is 1. The first-order valence-corrected chi connectivity index (χ1v) is 4.65. The van der Waals surface area contributed by atoms with Crippen LogP contribution in [-0.2, 0) is 0 Å². The van der Waals surface area contributed by atoms with Crippen molar-refractivity contribution in [1.82, 2.24) is 4.98 Å². The maximum Gasteiger partial charge on any atom is 0.221 e. The first-order valence-electron chi connectivity index (χ1n) is 4.65. The fourth-order valence-corrected chi connectivity index (χ4v) is 1.19. The van der Waals surface area contributed by atoms with Crippen LogP contribution in [0.15, 0.2) is 47.5 Å². The van der Waals surface area contributed by atoms with Crippen molar-refractivity contribution in [3.63, 3.8) is 0 Å². The Kier molecular flexibility index (Phi) is 2.91. The molecule has 1 aromatic heterocycles. The van der Waals surface area contributed by atoms with Crippen LogP contribution < -0.4 is 4.74 Å². The number of hydrogen-bond acceptors (Lipinski definition) is 3. The van der Waals surface area contributed by atoms with Crippen LogP contribution in [0.4, 0.5) is 10.1 Å². The number of halogens is 1. The summed E-state index contributed by atoms with van der Waals surface area (Å²) in [6.07, 6.45) is 0. The van der Waals surface area contributed by atoms with Gasteiger partial charge in [-0.3, -0.25) is 4.99 Å². The lowest BCUT2D eigenvalue weighted by atomic mass is 10.3. The molecule has 0 bridgehead atoms. The number of nitrogens with zero attached hydrogens (tertiary/aromatic N) is 2. The van der Waals surface area contributed by atoms with Crippen molar-refractivity contribution in [3.05, 3.63) is 48.4 Å². The van der Waals surface area contributed by atoms with E-state index in [1.165, 1.54) is 12.1 Å². The number of aliphatic imine (C=N–C) groups is 1. The molecule has 2 aromatic rings. The number of hydrogen-bond donors (Lipinski definition) is 0. The second-order valence-electron chi connectivity index (χ2n) is 3.05. The van der Waals surface area contributed by atoms with Gasteiger partial charge in [-0.1, -0.05) is 6.07 Å². The molecule has 0 atom stereocenters. The van der Waals surface area contributed by atoms with Gasteiger partial charge >= 0.3 is 0 Å². The van der Waals surface area contributed by atoms with Gasteiger partial charge in [-0.15, -0.1) is 0 Å². The van der Waals surface area contributed by atoms with E-state index in [1.54, 1.807) is 30.3 Å². The molecular weight excluding hydrogens is 207 g/mol. The van der Waals surface area contributed by atoms with Crippen LogP contribution in [-0.4, -0.2) is 11.7 Å². The second kappa shape index (κ2) is 4.53. The summed E-state index contributed by atoms with van der Waals surface area (Å²) in [5, 5.41) is 0. The predicted molar refractivity (Wildman–Crippen MR) is 59.9 cm³/mol. The molecule has 0 fully saturated rings. The van der Waals surface area contributed by atoms with E-state index in [-0.39, 0.29) is 5.88 Å². The molecule has 3 nitrogen and oxygen atoms in total. The molecule has 0 spiro atoms. The highest BCUT2D eigenvalue weighted by Crippen LogP contribution is 2.22. The molecule has 0 saturated carbocycles. The SMILES string of the molecule is C=Nc1ccc(Oc2cccc(F)n2)cc1. The molecule has 0 radical (unpaired) electrons. The number of ether oxygens (including phenoxy) is 1. The Hall–Kier alpha value is -2.23. The van der Waals surface area contributed by atoms with Crippen LogP contribution in [0, 0.1) is 5.95 Å². The zero-order valence-corrected chi connectivity index (χ0v) is 8.43. The van der Waals surface area contributed by atoms with E-state index in [0.29, 0.717) is 5.75 Å². The van der Waals surface area contributed by atoms with Crippen molar-refractivity contribution in [1.29, 1.82) is 0 Å². The maximum absolute atomic E-state index is 12.8. The third kappa shape index (κ3) is 2.42. The van der Waals surface area contributed by atoms with Crippen LogP contribution in [0.3, 0.4) is 0 Å². The predicted octanol–water partition coefficient (Wildman–Crippen LogP) is 3.35. The van der Waals surface area contributed by atoms with Gasteiger partial charge in [0.25, 0.3) is 0 Å². The van der Waals surface area contributed by atoms with E-state index < -0.39 is 5.95 Å². The minimum atomic E-state index is -0.568. The lowest BCUT2D eigenvalue weighted by molar-refractivity contribution is 0.445. The Morgan fingerprint density at radius 2 is 1.88 bits per heavy atom. The molecule has 2 rings (SSSR count). The molecule has 0 amide bonds. The lowest BCUT2D eigenvalue weighted by Gasteiger charge is -2.04. The number of pyridine rings is 1. The minimum absolute atomic E-state index is 0.222. The third-order valence-corrected chi connectivity index (χ3v) is 1.93. The van der Waals surface area contributed by atoms with Crippen molar-refractivity contribution in [2.45, 2.75) is 0 Å². The second-order valence-corrected chi connectivity index (χ2v) is 3.05. The van der Waals surface area contributed by atoms with Crippen molar-refractivity contribution in [2.24, 2.45) is 4.99 Å². The topological polar surface area (TPSA) is 34.5 Å². The van der Waals surface area contributed by atoms with E-state index in [0.717, 1.165) is 5.69 Å². The molecule has 0 saturated heterocycles. The molecule has 80 valence electrons. The molecular formula is C12H9FN2O. The van der Waals surface area contributed by atoms with Crippen LogP contribution in [0.25, 0.3) is 0 Å². The summed E-state index contributed by atoms with van der Waals surface area (Å²) in [6.45, 7) is 3.40. The average Bonchev–Trinajstić information content (AvgIpc) is 2.30. The van der Waals surface area contributed by atoms with Gasteiger partial charge in [0.1, 0.15) is 5.75 Å². The summed E-state index contributed by atoms with van der Waals surface area (Å²) in [4.78, 5) is 7.34. The third-order valence-electron chi connectivity index (χ3n) is 1.93. The van der Waals surface area contributed by atoms with Crippen LogP contribution >= 0.6 is 0 Å². The highest BCUT2D eigenvalue weighted by atomic mass is 19.1. The quantitative estimate of drug-likeness (QED) is 0.582. The van der Waals surface area contributed by atoms with Crippen molar-refractivity contribution >= 4 is 12.4 Å². The van der Waals surface area contributed by atoms with Gasteiger partial charge in [-0.05, 0) is 37.0 Å². The fourth-order valence-electron chi connectivity index (χ4n) is 1.19. The first-order chi connectivity index (χ1) is 7.78. The smallest absolute Gasteiger partial charge is 0.221 e. The zero-order chi connectivity index (χ0) is 11.4. The molecule has 16 heavy (non-hydrogen) atoms. The zero-order valence-electron chi connectivity index (χ0n) is 8.43. The Labute approximate surface area is 92.2 Å². The van der Waals surface area contributed by atoms with E-state index in [9.17, 15) is 4.39 Å². The van der Waals surface area contributed by atoms with Crippen molar-refractivity contribution in [2.75, 3.05) is 0 Å². The van der Waals surface area contributed by atoms with Gasteiger partial charge in [0.2, 0.25) is 11.8 Å². The van der Waals surface area contributed by atoms with E-state index in [4.69, 9.17) is 4.74 Å². The van der Waals surface area contributed by atoms with E-state index >= 15 is 0 Å². The molecule has 0 aliphatic heterocycles. The monoisotopic (exact) mass is 216 g/mol. The summed E-state index contributed by atoms with van der Waals surface area (Å²) in [5.74, 6) is 0.228. The highest BCUT2D eigenvalue weighted by Gasteiger charge is 1.99. The number of rotatable bonds is 3. The summed E-state index contributed by atoms with van der Waals surface area (Å²) in [6, 6.07) is 11.3. The molecule has 0 unspecified atom stereocenters. The van der Waals surface area contributed by atoms with Gasteiger partial charge in [0.15, 0.2) is 0 Å². The number of aromatic nitrogens is 1. The molecule has 0 N–H and O–H groups in total. The Morgan fingerprint density at radius 1 is 1.12 bits per heavy atom. The summed E-state index contributed by atoms with van der Waals surface area (Å²) in [7, 11) is 0. The van der Waals surface area contributed by atoms with Gasteiger partial charge in [-0.2, -0.15) is 9.37 Å². The highest BCUT2D eigenvalue weighted by molar-refractivity contribution is 5.47. The molecule has 1 aromatic carbocycles. The Morgan fingerprint density at radius 3 is 2.50 bits per heavy atom. The van der Waals surface area contributed by atoms with Crippen molar-refractivity contribution in [3.8, 4) is 11.6 Å². The van der Waals surface area contributed by atoms with Crippen molar-refractivity contribution < 1.29 is 9.13 Å². The van der Waals surface area contributed by atoms with Crippen LogP contribution in [0.1, 0.15) is 0 Å². The van der Waals surface area contributed by atoms with Crippen LogP contribution in [0.5, 0.6) is 11.6 Å². The molecule has 0 aliphatic rings. The maximum atomic E-state index is 12.8. The Balaban J connectivity index is 2.17. The normalized spacial score (nSPS) is 9.81. The molecule has 4 heteroatoms. The van der Waals surface area contributed by atoms with Gasteiger partial charge in [-0.25, -0.2) is 0 Å². The van der Waals surface area contributed by atoms with Gasteiger partial charge in [0, 0.05) is 6.07 Å². The standard InChI is InChI=1S/C12H9FN2O/c1-14-9-5-7-10(8-6-9)16-12-4-2-3-11(13)15-12/h2-8H,1H2. The van der Waals surface area contributed by atoms with Crippen LogP contribution in [0.2, 0.25) is 0 Å². The first kappa shape index (κ1) is 10.3. The largest absolute Gasteiger partial charge is 0.439 e. The lowest BCUT2D eigenvalue weighted by Crippen LogP contribution is -1.89. The summed E-state index contributed by atoms with van der Waals surface area (Å²) in [5.41, 5.74) is 0.750. The van der Waals surface area contributed by atoms with Gasteiger partial charge < -0.3 is 4.74 Å². The summed E-state index contributed by atoms with van der Waals surface area (Å²) < 4.78 is 18.1. The Bertz CT molecular complexity index is 497. The summed E-state index contributed by atoms with van der Waals surface area (Å²) >= 11 is 0.